The molecule has 2 amide bonds. The zero-order chi connectivity index (χ0) is 12.8. The lowest BCUT2D eigenvalue weighted by Gasteiger charge is -2.31. The molecule has 2 N–H and O–H groups in total. The summed E-state index contributed by atoms with van der Waals surface area (Å²) in [4.78, 5) is 15.7. The van der Waals surface area contributed by atoms with Crippen LogP contribution in [0.25, 0.3) is 0 Å². The van der Waals surface area contributed by atoms with Gasteiger partial charge in [-0.05, 0) is 46.8 Å². The van der Waals surface area contributed by atoms with E-state index in [1.165, 1.54) is 0 Å². The molecule has 0 aromatic rings. The first-order chi connectivity index (χ1) is 7.99. The summed E-state index contributed by atoms with van der Waals surface area (Å²) in [5.41, 5.74) is 0. The zero-order valence-corrected chi connectivity index (χ0v) is 11.1. The van der Waals surface area contributed by atoms with E-state index < -0.39 is 0 Å². The second-order valence-electron chi connectivity index (χ2n) is 5.18. The maximum absolute atomic E-state index is 11.9. The highest BCUT2D eigenvalue weighted by atomic mass is 16.3. The number of likely N-dealkylation sites (tertiary alicyclic amines) is 1. The molecule has 0 spiro atoms. The van der Waals surface area contributed by atoms with Crippen molar-refractivity contribution in [3.8, 4) is 0 Å². The molecule has 2 unspecified atom stereocenters. The summed E-state index contributed by atoms with van der Waals surface area (Å²) >= 11 is 0. The third-order valence-electron chi connectivity index (χ3n) is 3.06. The minimum absolute atomic E-state index is 0.0463. The predicted molar refractivity (Wildman–Crippen MR) is 68.0 cm³/mol. The highest BCUT2D eigenvalue weighted by Gasteiger charge is 2.22. The summed E-state index contributed by atoms with van der Waals surface area (Å²) in [6.45, 7) is 4.20. The first-order valence-corrected chi connectivity index (χ1v) is 6.37. The standard InChI is InChI=1S/C12H25N3O2/c1-10(6-8-14(2)3)13-12(17)15-7-4-5-11(16)9-15/h10-11,16H,4-9H2,1-3H3,(H,13,17). The normalized spacial score (nSPS) is 22.6. The molecule has 0 aromatic carbocycles. The van der Waals surface area contributed by atoms with Gasteiger partial charge in [0.15, 0.2) is 0 Å². The molecule has 2 atom stereocenters. The van der Waals surface area contributed by atoms with Crippen LogP contribution < -0.4 is 5.32 Å². The number of amides is 2. The molecule has 0 aromatic heterocycles. The minimum atomic E-state index is -0.355. The van der Waals surface area contributed by atoms with Gasteiger partial charge in [0, 0.05) is 19.1 Å². The smallest absolute Gasteiger partial charge is 0.317 e. The Kier molecular flexibility index (Phi) is 5.71. The number of piperidine rings is 1. The zero-order valence-electron chi connectivity index (χ0n) is 11.1. The molecule has 1 fully saturated rings. The SMILES string of the molecule is CC(CCN(C)C)NC(=O)N1CCCC(O)C1. The Labute approximate surface area is 104 Å². The molecule has 0 bridgehead atoms. The van der Waals surface area contributed by atoms with Crippen LogP contribution in [0.1, 0.15) is 26.2 Å². The van der Waals surface area contributed by atoms with Crippen LogP contribution in [-0.4, -0.2) is 66.8 Å². The van der Waals surface area contributed by atoms with Gasteiger partial charge in [0.05, 0.1) is 6.10 Å². The van der Waals surface area contributed by atoms with Crippen molar-refractivity contribution >= 4 is 6.03 Å². The fraction of sp³-hybridized carbons (Fsp3) is 0.917. The van der Waals surface area contributed by atoms with E-state index >= 15 is 0 Å². The van der Waals surface area contributed by atoms with Gasteiger partial charge in [-0.25, -0.2) is 4.79 Å². The van der Waals surface area contributed by atoms with Crippen LogP contribution in [0.15, 0.2) is 0 Å². The maximum Gasteiger partial charge on any atom is 0.317 e. The molecule has 5 heteroatoms. The van der Waals surface area contributed by atoms with Crippen molar-refractivity contribution in [2.45, 2.75) is 38.3 Å². The summed E-state index contributed by atoms with van der Waals surface area (Å²) in [5, 5.41) is 12.5. The van der Waals surface area contributed by atoms with Crippen LogP contribution >= 0.6 is 0 Å². The molecule has 1 rings (SSSR count). The van der Waals surface area contributed by atoms with Gasteiger partial charge in [0.25, 0.3) is 0 Å². The molecular weight excluding hydrogens is 218 g/mol. The molecule has 0 saturated carbocycles. The number of aliphatic hydroxyl groups excluding tert-OH is 1. The van der Waals surface area contributed by atoms with Crippen molar-refractivity contribution in [3.63, 3.8) is 0 Å². The number of aliphatic hydroxyl groups is 1. The number of urea groups is 1. The van der Waals surface area contributed by atoms with Crippen molar-refractivity contribution in [2.75, 3.05) is 33.7 Å². The van der Waals surface area contributed by atoms with Gasteiger partial charge in [0.1, 0.15) is 0 Å². The van der Waals surface area contributed by atoms with Crippen LogP contribution in [0.5, 0.6) is 0 Å². The predicted octanol–water partition coefficient (Wildman–Crippen LogP) is 0.493. The van der Waals surface area contributed by atoms with E-state index in [2.05, 4.69) is 10.2 Å². The van der Waals surface area contributed by atoms with Crippen LogP contribution in [-0.2, 0) is 0 Å². The van der Waals surface area contributed by atoms with E-state index in [-0.39, 0.29) is 18.2 Å². The molecule has 1 heterocycles. The Balaban J connectivity index is 2.27. The van der Waals surface area contributed by atoms with Gasteiger partial charge in [-0.1, -0.05) is 0 Å². The second-order valence-corrected chi connectivity index (χ2v) is 5.18. The Hall–Kier alpha value is -0.810. The number of hydrogen-bond donors (Lipinski definition) is 2. The summed E-state index contributed by atoms with van der Waals surface area (Å²) in [6.07, 6.45) is 2.28. The summed E-state index contributed by atoms with van der Waals surface area (Å²) < 4.78 is 0. The molecule has 0 radical (unpaired) electrons. The molecule has 1 aliphatic heterocycles. The van der Waals surface area contributed by atoms with Crippen molar-refractivity contribution in [2.24, 2.45) is 0 Å². The van der Waals surface area contributed by atoms with Crippen LogP contribution in [0.2, 0.25) is 0 Å². The quantitative estimate of drug-likeness (QED) is 0.755. The first kappa shape index (κ1) is 14.3. The lowest BCUT2D eigenvalue weighted by atomic mass is 10.1. The monoisotopic (exact) mass is 243 g/mol. The highest BCUT2D eigenvalue weighted by Crippen LogP contribution is 2.09. The number of nitrogens with zero attached hydrogens (tertiary/aromatic N) is 2. The Morgan fingerprint density at radius 2 is 2.29 bits per heavy atom. The van der Waals surface area contributed by atoms with Gasteiger partial charge in [-0.3, -0.25) is 0 Å². The van der Waals surface area contributed by atoms with E-state index in [9.17, 15) is 9.90 Å². The maximum atomic E-state index is 11.9. The average molecular weight is 243 g/mol. The van der Waals surface area contributed by atoms with Crippen LogP contribution in [0, 0.1) is 0 Å². The van der Waals surface area contributed by atoms with E-state index in [1.807, 2.05) is 21.0 Å². The average Bonchev–Trinajstić information content (AvgIpc) is 2.26. The molecule has 1 aliphatic rings. The number of nitrogens with one attached hydrogen (secondary N) is 1. The lowest BCUT2D eigenvalue weighted by Crippen LogP contribution is -2.49. The van der Waals surface area contributed by atoms with Crippen LogP contribution in [0.4, 0.5) is 4.79 Å². The van der Waals surface area contributed by atoms with Crippen molar-refractivity contribution in [1.82, 2.24) is 15.1 Å². The summed E-state index contributed by atoms with van der Waals surface area (Å²) in [7, 11) is 4.05. The number of β-amino-alcohol motifs (C(OH)–C–C–N with tert-alkyl or cyclic N) is 1. The minimum Gasteiger partial charge on any atom is -0.391 e. The Morgan fingerprint density at radius 3 is 2.88 bits per heavy atom. The molecule has 5 nitrogen and oxygen atoms in total. The van der Waals surface area contributed by atoms with E-state index in [0.717, 1.165) is 32.4 Å². The number of carbonyl (C=O) groups excluding carboxylic acids is 1. The molecule has 1 saturated heterocycles. The molecular formula is C12H25N3O2. The fourth-order valence-corrected chi connectivity index (χ4v) is 1.97. The van der Waals surface area contributed by atoms with E-state index in [4.69, 9.17) is 0 Å². The highest BCUT2D eigenvalue weighted by molar-refractivity contribution is 5.74. The van der Waals surface area contributed by atoms with E-state index in [0.29, 0.717) is 6.54 Å². The molecule has 100 valence electrons. The van der Waals surface area contributed by atoms with Gasteiger partial charge in [0.2, 0.25) is 0 Å². The Bertz CT molecular complexity index is 246. The summed E-state index contributed by atoms with van der Waals surface area (Å²) in [6, 6.07) is 0.124. The van der Waals surface area contributed by atoms with Crippen molar-refractivity contribution in [3.05, 3.63) is 0 Å². The van der Waals surface area contributed by atoms with Gasteiger partial charge in [-0.15, -0.1) is 0 Å². The van der Waals surface area contributed by atoms with Crippen molar-refractivity contribution < 1.29 is 9.90 Å². The Morgan fingerprint density at radius 1 is 1.59 bits per heavy atom. The largest absolute Gasteiger partial charge is 0.391 e. The number of hydrogen-bond acceptors (Lipinski definition) is 3. The first-order valence-electron chi connectivity index (χ1n) is 6.37. The number of carbonyl (C=O) groups is 1. The van der Waals surface area contributed by atoms with Crippen molar-refractivity contribution in [1.29, 1.82) is 0 Å². The van der Waals surface area contributed by atoms with Gasteiger partial charge in [-0.2, -0.15) is 0 Å². The second kappa shape index (κ2) is 6.81. The van der Waals surface area contributed by atoms with E-state index in [1.54, 1.807) is 4.90 Å². The van der Waals surface area contributed by atoms with Gasteiger partial charge < -0.3 is 20.2 Å². The molecule has 17 heavy (non-hydrogen) atoms. The van der Waals surface area contributed by atoms with Crippen LogP contribution in [0.3, 0.4) is 0 Å². The lowest BCUT2D eigenvalue weighted by molar-refractivity contribution is 0.0833. The van der Waals surface area contributed by atoms with Gasteiger partial charge >= 0.3 is 6.03 Å². The third-order valence-corrected chi connectivity index (χ3v) is 3.06. The number of rotatable bonds is 4. The third kappa shape index (κ3) is 5.37. The topological polar surface area (TPSA) is 55.8 Å². The summed E-state index contributed by atoms with van der Waals surface area (Å²) in [5.74, 6) is 0. The fourth-order valence-electron chi connectivity index (χ4n) is 1.97. The molecule has 0 aliphatic carbocycles.